The van der Waals surface area contributed by atoms with Crippen LogP contribution in [0.1, 0.15) is 25.1 Å². The molecule has 1 aromatic heterocycles. The van der Waals surface area contributed by atoms with E-state index in [1.165, 1.54) is 0 Å². The lowest BCUT2D eigenvalue weighted by Crippen LogP contribution is -2.38. The van der Waals surface area contributed by atoms with Gasteiger partial charge in [0.05, 0.1) is 35.2 Å². The van der Waals surface area contributed by atoms with E-state index in [9.17, 15) is 8.42 Å². The van der Waals surface area contributed by atoms with E-state index in [1.807, 2.05) is 24.3 Å². The van der Waals surface area contributed by atoms with Crippen LogP contribution >= 0.6 is 0 Å². The van der Waals surface area contributed by atoms with Crippen LogP contribution in [0, 0.1) is 11.8 Å². The third-order valence-electron chi connectivity index (χ3n) is 5.84. The molecule has 4 rings (SSSR count). The van der Waals surface area contributed by atoms with Crippen LogP contribution in [0.15, 0.2) is 59.6 Å². The topological polar surface area (TPSA) is 108 Å². The van der Waals surface area contributed by atoms with Gasteiger partial charge in [-0.15, -0.1) is 0 Å². The zero-order valence-corrected chi connectivity index (χ0v) is 21.3. The minimum Gasteiger partial charge on any atom is -0.492 e. The molecule has 0 atom stereocenters. The SMILES string of the molecule is CC(C)S(=O)(=O)c1ccc(-c2cnc(N)c(C#Cc3cccc(OCCN4CCOCC4)c3)n2)cc1. The second-order valence-corrected chi connectivity index (χ2v) is 11.2. The van der Waals surface area contributed by atoms with Crippen LogP contribution in [0.2, 0.25) is 0 Å². The number of hydrogen-bond donors (Lipinski definition) is 1. The predicted molar refractivity (Wildman–Crippen MR) is 139 cm³/mol. The number of nitrogens with two attached hydrogens (primary N) is 1. The third-order valence-corrected chi connectivity index (χ3v) is 8.01. The summed E-state index contributed by atoms with van der Waals surface area (Å²) in [5.41, 5.74) is 8.43. The summed E-state index contributed by atoms with van der Waals surface area (Å²) in [6.45, 7) is 8.15. The van der Waals surface area contributed by atoms with Gasteiger partial charge < -0.3 is 15.2 Å². The highest BCUT2D eigenvalue weighted by Crippen LogP contribution is 2.22. The van der Waals surface area contributed by atoms with E-state index in [4.69, 9.17) is 15.2 Å². The lowest BCUT2D eigenvalue weighted by molar-refractivity contribution is 0.0322. The Bertz CT molecular complexity index is 1360. The van der Waals surface area contributed by atoms with Gasteiger partial charge in [-0.05, 0) is 50.1 Å². The van der Waals surface area contributed by atoms with Crippen LogP contribution in [0.25, 0.3) is 11.3 Å². The monoisotopic (exact) mass is 506 g/mol. The fourth-order valence-electron chi connectivity index (χ4n) is 3.63. The zero-order valence-electron chi connectivity index (χ0n) is 20.5. The molecule has 1 fully saturated rings. The van der Waals surface area contributed by atoms with Crippen LogP contribution in [0.4, 0.5) is 5.82 Å². The largest absolute Gasteiger partial charge is 0.492 e. The fourth-order valence-corrected chi connectivity index (χ4v) is 4.69. The third kappa shape index (κ3) is 6.40. The Hall–Kier alpha value is -3.45. The van der Waals surface area contributed by atoms with Crippen molar-refractivity contribution in [2.75, 3.05) is 45.2 Å². The molecule has 0 aliphatic carbocycles. The predicted octanol–water partition coefficient (Wildman–Crippen LogP) is 3.02. The van der Waals surface area contributed by atoms with Gasteiger partial charge in [-0.25, -0.2) is 18.4 Å². The molecule has 3 aromatic rings. The summed E-state index contributed by atoms with van der Waals surface area (Å²) in [5, 5.41) is -0.491. The van der Waals surface area contributed by atoms with E-state index >= 15 is 0 Å². The molecule has 2 N–H and O–H groups in total. The molecule has 2 aromatic carbocycles. The maximum absolute atomic E-state index is 12.4. The highest BCUT2D eigenvalue weighted by atomic mass is 32.2. The summed E-state index contributed by atoms with van der Waals surface area (Å²) in [4.78, 5) is 11.4. The summed E-state index contributed by atoms with van der Waals surface area (Å²) in [6, 6.07) is 14.2. The molecule has 36 heavy (non-hydrogen) atoms. The number of sulfone groups is 1. The van der Waals surface area contributed by atoms with E-state index in [2.05, 4.69) is 26.7 Å². The Labute approximate surface area is 212 Å². The number of benzene rings is 2. The molecule has 1 saturated heterocycles. The molecule has 188 valence electrons. The Morgan fingerprint density at radius 3 is 2.58 bits per heavy atom. The Morgan fingerprint density at radius 1 is 1.11 bits per heavy atom. The Balaban J connectivity index is 1.46. The zero-order chi connectivity index (χ0) is 25.5. The average Bonchev–Trinajstić information content (AvgIpc) is 2.89. The van der Waals surface area contributed by atoms with Gasteiger partial charge in [-0.3, -0.25) is 4.90 Å². The number of aromatic nitrogens is 2. The molecule has 1 aliphatic rings. The summed E-state index contributed by atoms with van der Waals surface area (Å²) in [6.07, 6.45) is 1.55. The number of nitrogens with zero attached hydrogens (tertiary/aromatic N) is 3. The van der Waals surface area contributed by atoms with Crippen LogP contribution < -0.4 is 10.5 Å². The fraction of sp³-hybridized carbons (Fsp3) is 0.333. The van der Waals surface area contributed by atoms with Crippen molar-refractivity contribution in [2.24, 2.45) is 0 Å². The van der Waals surface area contributed by atoms with E-state index in [0.717, 1.165) is 49.7 Å². The maximum atomic E-state index is 12.4. The summed E-state index contributed by atoms with van der Waals surface area (Å²) in [5.74, 6) is 7.06. The van der Waals surface area contributed by atoms with E-state index in [0.29, 0.717) is 18.0 Å². The number of hydrogen-bond acceptors (Lipinski definition) is 8. The van der Waals surface area contributed by atoms with E-state index < -0.39 is 15.1 Å². The second kappa shape index (κ2) is 11.5. The van der Waals surface area contributed by atoms with Crippen LogP contribution in [0.3, 0.4) is 0 Å². The van der Waals surface area contributed by atoms with E-state index in [1.54, 1.807) is 44.3 Å². The highest BCUT2D eigenvalue weighted by Gasteiger charge is 2.19. The minimum atomic E-state index is -3.34. The molecule has 0 saturated carbocycles. The maximum Gasteiger partial charge on any atom is 0.180 e. The normalized spacial score (nSPS) is 14.3. The van der Waals surface area contributed by atoms with Crippen molar-refractivity contribution in [1.82, 2.24) is 14.9 Å². The standard InChI is InChI=1S/C27H30N4O4S/c1-20(2)36(32,33)24-9-7-22(8-10-24)26-19-29-27(28)25(30-26)11-6-21-4-3-5-23(18-21)35-17-14-31-12-15-34-16-13-31/h3-5,7-10,18-20H,12-17H2,1-2H3,(H2,28,29). The van der Waals surface area contributed by atoms with Crippen LogP contribution in [-0.2, 0) is 14.6 Å². The van der Waals surface area contributed by atoms with Crippen molar-refractivity contribution in [3.05, 3.63) is 66.0 Å². The lowest BCUT2D eigenvalue weighted by Gasteiger charge is -2.26. The van der Waals surface area contributed by atoms with Crippen molar-refractivity contribution < 1.29 is 17.9 Å². The first-order chi connectivity index (χ1) is 17.3. The van der Waals surface area contributed by atoms with Crippen molar-refractivity contribution in [3.63, 3.8) is 0 Å². The van der Waals surface area contributed by atoms with Gasteiger partial charge in [0.15, 0.2) is 21.3 Å². The molecule has 0 unspecified atom stereocenters. The summed E-state index contributed by atoms with van der Waals surface area (Å²) < 4.78 is 36.0. The number of ether oxygens (including phenoxy) is 2. The molecule has 1 aliphatic heterocycles. The molecular formula is C27H30N4O4S. The molecule has 0 bridgehead atoms. The van der Waals surface area contributed by atoms with Gasteiger partial charge in [-0.2, -0.15) is 0 Å². The van der Waals surface area contributed by atoms with Crippen LogP contribution in [-0.4, -0.2) is 68.0 Å². The summed E-state index contributed by atoms with van der Waals surface area (Å²) in [7, 11) is -3.34. The lowest BCUT2D eigenvalue weighted by atomic mass is 10.1. The van der Waals surface area contributed by atoms with Gasteiger partial charge in [0.25, 0.3) is 0 Å². The smallest absolute Gasteiger partial charge is 0.180 e. The quantitative estimate of drug-likeness (QED) is 0.488. The number of rotatable bonds is 7. The molecular weight excluding hydrogens is 476 g/mol. The number of nitrogen functional groups attached to an aromatic ring is 1. The first-order valence-corrected chi connectivity index (χ1v) is 13.4. The Kier molecular flexibility index (Phi) is 8.21. The van der Waals surface area contributed by atoms with Gasteiger partial charge in [-0.1, -0.05) is 24.1 Å². The van der Waals surface area contributed by atoms with E-state index in [-0.39, 0.29) is 10.7 Å². The van der Waals surface area contributed by atoms with Crippen LogP contribution in [0.5, 0.6) is 5.75 Å². The Morgan fingerprint density at radius 2 is 1.86 bits per heavy atom. The molecule has 0 spiro atoms. The molecule has 9 heteroatoms. The molecule has 8 nitrogen and oxygen atoms in total. The van der Waals surface area contributed by atoms with Crippen molar-refractivity contribution >= 4 is 15.7 Å². The first kappa shape index (κ1) is 25.6. The molecule has 0 amide bonds. The second-order valence-electron chi connectivity index (χ2n) is 8.69. The molecule has 0 radical (unpaired) electrons. The first-order valence-electron chi connectivity index (χ1n) is 11.8. The number of anilines is 1. The summed E-state index contributed by atoms with van der Waals surface area (Å²) >= 11 is 0. The van der Waals surface area contributed by atoms with Crippen molar-refractivity contribution in [3.8, 4) is 28.8 Å². The number of morpholine rings is 1. The van der Waals surface area contributed by atoms with Gasteiger partial charge in [0, 0.05) is 30.8 Å². The van der Waals surface area contributed by atoms with Gasteiger partial charge in [0.2, 0.25) is 0 Å². The van der Waals surface area contributed by atoms with Crippen molar-refractivity contribution in [2.45, 2.75) is 24.0 Å². The molecule has 2 heterocycles. The van der Waals surface area contributed by atoms with Gasteiger partial charge >= 0.3 is 0 Å². The average molecular weight is 507 g/mol. The van der Waals surface area contributed by atoms with Crippen molar-refractivity contribution in [1.29, 1.82) is 0 Å². The minimum absolute atomic E-state index is 0.225. The van der Waals surface area contributed by atoms with Gasteiger partial charge in [0.1, 0.15) is 12.4 Å². The highest BCUT2D eigenvalue weighted by molar-refractivity contribution is 7.92.